The van der Waals surface area contributed by atoms with E-state index in [2.05, 4.69) is 10.3 Å². The molecule has 5 heteroatoms. The van der Waals surface area contributed by atoms with Gasteiger partial charge in [-0.05, 0) is 37.3 Å². The average molecular weight is 263 g/mol. The Morgan fingerprint density at radius 3 is 2.84 bits per heavy atom. The lowest BCUT2D eigenvalue weighted by molar-refractivity contribution is 0.115. The van der Waals surface area contributed by atoms with Crippen molar-refractivity contribution < 1.29 is 9.90 Å². The van der Waals surface area contributed by atoms with Gasteiger partial charge in [-0.1, -0.05) is 6.07 Å². The summed E-state index contributed by atoms with van der Waals surface area (Å²) in [5.41, 5.74) is 1.01. The second-order valence-corrected chi connectivity index (χ2v) is 5.17. The van der Waals surface area contributed by atoms with E-state index in [0.717, 1.165) is 31.2 Å². The van der Waals surface area contributed by atoms with Crippen molar-refractivity contribution in [2.45, 2.75) is 44.4 Å². The molecule has 1 aromatic rings. The largest absolute Gasteiger partial charge is 0.393 e. The molecule has 5 nitrogen and oxygen atoms in total. The highest BCUT2D eigenvalue weighted by molar-refractivity contribution is 5.74. The monoisotopic (exact) mass is 263 g/mol. The predicted octanol–water partition coefficient (Wildman–Crippen LogP) is 1.53. The first-order valence-electron chi connectivity index (χ1n) is 6.74. The van der Waals surface area contributed by atoms with Crippen molar-refractivity contribution in [3.63, 3.8) is 0 Å². The molecule has 1 aliphatic rings. The maximum absolute atomic E-state index is 12.0. The fourth-order valence-electron chi connectivity index (χ4n) is 2.34. The van der Waals surface area contributed by atoms with Gasteiger partial charge in [0.15, 0.2) is 0 Å². The van der Waals surface area contributed by atoms with E-state index >= 15 is 0 Å². The van der Waals surface area contributed by atoms with Crippen LogP contribution in [0.2, 0.25) is 0 Å². The van der Waals surface area contributed by atoms with Crippen molar-refractivity contribution in [1.82, 2.24) is 15.2 Å². The summed E-state index contributed by atoms with van der Waals surface area (Å²) < 4.78 is 0. The van der Waals surface area contributed by atoms with Crippen LogP contribution in [-0.2, 0) is 6.54 Å². The smallest absolute Gasteiger partial charge is 0.317 e. The normalized spacial score (nSPS) is 22.8. The highest BCUT2D eigenvalue weighted by Gasteiger charge is 2.21. The number of nitrogens with zero attached hydrogens (tertiary/aromatic N) is 2. The SMILES string of the molecule is CN(Cc1cccnc1)C(=O)NC1CCC(O)CC1. The van der Waals surface area contributed by atoms with Gasteiger partial charge in [0.2, 0.25) is 0 Å². The molecule has 0 spiro atoms. The molecule has 0 atom stereocenters. The number of hydrogen-bond acceptors (Lipinski definition) is 3. The van der Waals surface area contributed by atoms with Gasteiger partial charge in [-0.25, -0.2) is 4.79 Å². The number of amides is 2. The molecule has 1 saturated carbocycles. The summed E-state index contributed by atoms with van der Waals surface area (Å²) >= 11 is 0. The number of rotatable bonds is 3. The number of pyridine rings is 1. The number of aromatic nitrogens is 1. The molecule has 0 aromatic carbocycles. The minimum Gasteiger partial charge on any atom is -0.393 e. The molecule has 1 aromatic heterocycles. The van der Waals surface area contributed by atoms with E-state index in [0.29, 0.717) is 6.54 Å². The number of urea groups is 1. The van der Waals surface area contributed by atoms with Gasteiger partial charge in [0, 0.05) is 32.0 Å². The average Bonchev–Trinajstić information content (AvgIpc) is 2.42. The van der Waals surface area contributed by atoms with Crippen LogP contribution < -0.4 is 5.32 Å². The van der Waals surface area contributed by atoms with Crippen LogP contribution in [0, 0.1) is 0 Å². The Morgan fingerprint density at radius 2 is 2.21 bits per heavy atom. The number of hydrogen-bond donors (Lipinski definition) is 2. The maximum Gasteiger partial charge on any atom is 0.317 e. The zero-order valence-electron chi connectivity index (χ0n) is 11.2. The summed E-state index contributed by atoms with van der Waals surface area (Å²) in [6, 6.07) is 3.94. The zero-order valence-corrected chi connectivity index (χ0v) is 11.2. The first kappa shape index (κ1) is 13.8. The van der Waals surface area contributed by atoms with Crippen molar-refractivity contribution in [3.8, 4) is 0 Å². The Morgan fingerprint density at radius 1 is 1.47 bits per heavy atom. The molecule has 0 aliphatic heterocycles. The fourth-order valence-corrected chi connectivity index (χ4v) is 2.34. The van der Waals surface area contributed by atoms with Crippen LogP contribution in [0.1, 0.15) is 31.2 Å². The van der Waals surface area contributed by atoms with E-state index in [1.54, 1.807) is 24.3 Å². The van der Waals surface area contributed by atoms with E-state index < -0.39 is 0 Å². The van der Waals surface area contributed by atoms with Crippen LogP contribution in [0.15, 0.2) is 24.5 Å². The summed E-state index contributed by atoms with van der Waals surface area (Å²) in [4.78, 5) is 17.7. The number of nitrogens with one attached hydrogen (secondary N) is 1. The van der Waals surface area contributed by atoms with Crippen molar-refractivity contribution in [3.05, 3.63) is 30.1 Å². The Bertz CT molecular complexity index is 402. The molecule has 2 N–H and O–H groups in total. The van der Waals surface area contributed by atoms with Gasteiger partial charge >= 0.3 is 6.03 Å². The van der Waals surface area contributed by atoms with Gasteiger partial charge in [-0.2, -0.15) is 0 Å². The molecule has 1 heterocycles. The lowest BCUT2D eigenvalue weighted by Crippen LogP contribution is -2.44. The molecule has 104 valence electrons. The van der Waals surface area contributed by atoms with Gasteiger partial charge in [-0.3, -0.25) is 4.98 Å². The second kappa shape index (κ2) is 6.52. The molecule has 2 rings (SSSR count). The first-order valence-corrected chi connectivity index (χ1v) is 6.74. The molecular formula is C14H21N3O2. The minimum atomic E-state index is -0.193. The molecular weight excluding hydrogens is 242 g/mol. The third-order valence-electron chi connectivity index (χ3n) is 3.51. The number of carbonyl (C=O) groups is 1. The second-order valence-electron chi connectivity index (χ2n) is 5.17. The predicted molar refractivity (Wildman–Crippen MR) is 72.5 cm³/mol. The van der Waals surface area contributed by atoms with Gasteiger partial charge < -0.3 is 15.3 Å². The highest BCUT2D eigenvalue weighted by Crippen LogP contribution is 2.18. The van der Waals surface area contributed by atoms with Crippen LogP contribution in [-0.4, -0.2) is 40.2 Å². The van der Waals surface area contributed by atoms with Crippen LogP contribution in [0.4, 0.5) is 4.79 Å². The van der Waals surface area contributed by atoms with Crippen molar-refractivity contribution in [2.75, 3.05) is 7.05 Å². The van der Waals surface area contributed by atoms with Crippen molar-refractivity contribution in [1.29, 1.82) is 0 Å². The van der Waals surface area contributed by atoms with Gasteiger partial charge in [0.05, 0.1) is 6.10 Å². The summed E-state index contributed by atoms with van der Waals surface area (Å²) in [5.74, 6) is 0. The summed E-state index contributed by atoms with van der Waals surface area (Å²) in [7, 11) is 1.78. The third kappa shape index (κ3) is 4.21. The Labute approximate surface area is 113 Å². The highest BCUT2D eigenvalue weighted by atomic mass is 16.3. The van der Waals surface area contributed by atoms with E-state index in [4.69, 9.17) is 0 Å². The number of aliphatic hydroxyl groups excluding tert-OH is 1. The third-order valence-corrected chi connectivity index (χ3v) is 3.51. The van der Waals surface area contributed by atoms with Gasteiger partial charge in [-0.15, -0.1) is 0 Å². The van der Waals surface area contributed by atoms with Crippen LogP contribution in [0.3, 0.4) is 0 Å². The van der Waals surface area contributed by atoms with E-state index in [1.165, 1.54) is 0 Å². The summed E-state index contributed by atoms with van der Waals surface area (Å²) in [6.07, 6.45) is 6.55. The van der Waals surface area contributed by atoms with Crippen molar-refractivity contribution in [2.24, 2.45) is 0 Å². The van der Waals surface area contributed by atoms with Crippen LogP contribution in [0.25, 0.3) is 0 Å². The Balaban J connectivity index is 1.79. The molecule has 0 saturated heterocycles. The number of aliphatic hydroxyl groups is 1. The minimum absolute atomic E-state index is 0.0646. The number of carbonyl (C=O) groups excluding carboxylic acids is 1. The van der Waals surface area contributed by atoms with Gasteiger partial charge in [0.1, 0.15) is 0 Å². The molecule has 0 bridgehead atoms. The van der Waals surface area contributed by atoms with E-state index in [-0.39, 0.29) is 18.2 Å². The quantitative estimate of drug-likeness (QED) is 0.869. The molecule has 19 heavy (non-hydrogen) atoms. The summed E-state index contributed by atoms with van der Waals surface area (Å²) in [6.45, 7) is 0.551. The molecule has 0 radical (unpaired) electrons. The lowest BCUT2D eigenvalue weighted by Gasteiger charge is -2.28. The first-order chi connectivity index (χ1) is 9.15. The summed E-state index contributed by atoms with van der Waals surface area (Å²) in [5, 5.41) is 12.4. The van der Waals surface area contributed by atoms with Crippen molar-refractivity contribution >= 4 is 6.03 Å². The standard InChI is InChI=1S/C14H21N3O2/c1-17(10-11-3-2-8-15-9-11)14(19)16-12-4-6-13(18)7-5-12/h2-3,8-9,12-13,18H,4-7,10H2,1H3,(H,16,19). The van der Waals surface area contributed by atoms with E-state index in [9.17, 15) is 9.90 Å². The lowest BCUT2D eigenvalue weighted by atomic mass is 9.93. The van der Waals surface area contributed by atoms with Gasteiger partial charge in [0.25, 0.3) is 0 Å². The molecule has 0 unspecified atom stereocenters. The Hall–Kier alpha value is -1.62. The zero-order chi connectivity index (χ0) is 13.7. The topological polar surface area (TPSA) is 65.5 Å². The maximum atomic E-state index is 12.0. The fraction of sp³-hybridized carbons (Fsp3) is 0.571. The Kier molecular flexibility index (Phi) is 4.74. The molecule has 2 amide bonds. The van der Waals surface area contributed by atoms with Crippen LogP contribution in [0.5, 0.6) is 0 Å². The van der Waals surface area contributed by atoms with E-state index in [1.807, 2.05) is 12.1 Å². The van der Waals surface area contributed by atoms with Crippen LogP contribution >= 0.6 is 0 Å². The molecule has 1 aliphatic carbocycles. The molecule has 1 fully saturated rings.